The van der Waals surface area contributed by atoms with E-state index in [1.54, 1.807) is 23.1 Å². The molecular weight excluding hydrogens is 358 g/mol. The van der Waals surface area contributed by atoms with E-state index in [1.807, 2.05) is 30.3 Å². The number of piperazine rings is 1. The van der Waals surface area contributed by atoms with Crippen LogP contribution in [-0.4, -0.2) is 60.0 Å². The molecular formula is C21H23N3O4. The zero-order chi connectivity index (χ0) is 19.8. The molecule has 1 saturated heterocycles. The van der Waals surface area contributed by atoms with E-state index in [0.29, 0.717) is 25.3 Å². The van der Waals surface area contributed by atoms with E-state index in [-0.39, 0.29) is 11.6 Å². The van der Waals surface area contributed by atoms with Crippen molar-refractivity contribution >= 4 is 17.7 Å². The van der Waals surface area contributed by atoms with Gasteiger partial charge >= 0.3 is 0 Å². The second-order valence-corrected chi connectivity index (χ2v) is 6.51. The lowest BCUT2D eigenvalue weighted by atomic mass is 10.2. The zero-order valence-electron chi connectivity index (χ0n) is 15.6. The van der Waals surface area contributed by atoms with Gasteiger partial charge < -0.3 is 9.64 Å². The number of ether oxygens (including phenoxy) is 1. The minimum Gasteiger partial charge on any atom is -0.492 e. The van der Waals surface area contributed by atoms with E-state index in [2.05, 4.69) is 4.90 Å². The van der Waals surface area contributed by atoms with Gasteiger partial charge in [0, 0.05) is 50.9 Å². The van der Waals surface area contributed by atoms with Gasteiger partial charge in [-0.15, -0.1) is 0 Å². The van der Waals surface area contributed by atoms with Crippen LogP contribution < -0.4 is 4.74 Å². The van der Waals surface area contributed by atoms with Crippen LogP contribution in [0.1, 0.15) is 5.56 Å². The Morgan fingerprint density at radius 2 is 1.82 bits per heavy atom. The average Bonchev–Trinajstić information content (AvgIpc) is 2.73. The normalized spacial score (nSPS) is 14.9. The second kappa shape index (κ2) is 9.66. The number of benzene rings is 2. The number of carbonyl (C=O) groups is 1. The minimum absolute atomic E-state index is 0.0148. The van der Waals surface area contributed by atoms with Gasteiger partial charge in [-0.25, -0.2) is 0 Å². The second-order valence-electron chi connectivity index (χ2n) is 6.51. The first-order valence-corrected chi connectivity index (χ1v) is 9.23. The van der Waals surface area contributed by atoms with Gasteiger partial charge in [-0.2, -0.15) is 0 Å². The maximum Gasteiger partial charge on any atom is 0.270 e. The highest BCUT2D eigenvalue weighted by Gasteiger charge is 2.19. The van der Waals surface area contributed by atoms with E-state index in [1.165, 1.54) is 18.2 Å². The summed E-state index contributed by atoms with van der Waals surface area (Å²) >= 11 is 0. The Balaban J connectivity index is 1.42. The summed E-state index contributed by atoms with van der Waals surface area (Å²) in [6.45, 7) is 4.35. The van der Waals surface area contributed by atoms with Crippen LogP contribution in [0.4, 0.5) is 5.69 Å². The number of nitrogens with zero attached hydrogens (tertiary/aromatic N) is 3. The molecule has 0 N–H and O–H groups in total. The van der Waals surface area contributed by atoms with Gasteiger partial charge in [-0.3, -0.25) is 19.8 Å². The predicted molar refractivity (Wildman–Crippen MR) is 107 cm³/mol. The van der Waals surface area contributed by atoms with Gasteiger partial charge in [0.1, 0.15) is 12.4 Å². The van der Waals surface area contributed by atoms with Crippen molar-refractivity contribution in [2.24, 2.45) is 0 Å². The molecule has 1 aliphatic rings. The lowest BCUT2D eigenvalue weighted by molar-refractivity contribution is -0.384. The van der Waals surface area contributed by atoms with Gasteiger partial charge in [-0.1, -0.05) is 30.3 Å². The fourth-order valence-electron chi connectivity index (χ4n) is 3.02. The lowest BCUT2D eigenvalue weighted by Gasteiger charge is -2.34. The summed E-state index contributed by atoms with van der Waals surface area (Å²) < 4.78 is 5.72. The number of nitro benzene ring substituents is 1. The third-order valence-electron chi connectivity index (χ3n) is 4.60. The quantitative estimate of drug-likeness (QED) is 0.419. The molecule has 3 rings (SSSR count). The fraction of sp³-hybridized carbons (Fsp3) is 0.286. The number of hydrogen-bond donors (Lipinski definition) is 0. The molecule has 1 aliphatic heterocycles. The number of rotatable bonds is 7. The molecule has 7 heteroatoms. The Morgan fingerprint density at radius 3 is 2.54 bits per heavy atom. The Bertz CT molecular complexity index is 831. The highest BCUT2D eigenvalue weighted by molar-refractivity contribution is 5.91. The maximum absolute atomic E-state index is 12.4. The van der Waals surface area contributed by atoms with E-state index >= 15 is 0 Å². The molecule has 28 heavy (non-hydrogen) atoms. The number of para-hydroxylation sites is 1. The standard InChI is InChI=1S/C21H23N3O4/c25-21(10-9-18-5-4-6-19(17-18)24(26)27)23-13-11-22(12-14-23)15-16-28-20-7-2-1-3-8-20/h1-10,17H,11-16H2/b10-9+. The molecule has 0 aromatic heterocycles. The average molecular weight is 381 g/mol. The SMILES string of the molecule is O=C(/C=C/c1cccc([N+](=O)[O-])c1)N1CCN(CCOc2ccccc2)CC1. The molecule has 2 aromatic rings. The van der Waals surface area contributed by atoms with Gasteiger partial charge in [0.15, 0.2) is 0 Å². The minimum atomic E-state index is -0.445. The number of carbonyl (C=O) groups excluding carboxylic acids is 1. The predicted octanol–water partition coefficient (Wildman–Crippen LogP) is 2.83. The van der Waals surface area contributed by atoms with E-state index < -0.39 is 4.92 Å². The first-order chi connectivity index (χ1) is 13.6. The van der Waals surface area contributed by atoms with E-state index in [0.717, 1.165) is 25.4 Å². The molecule has 2 aromatic carbocycles. The number of non-ortho nitro benzene ring substituents is 1. The van der Waals surface area contributed by atoms with Crippen molar-refractivity contribution in [1.29, 1.82) is 0 Å². The largest absolute Gasteiger partial charge is 0.492 e. The Morgan fingerprint density at radius 1 is 1.07 bits per heavy atom. The van der Waals surface area contributed by atoms with Crippen LogP contribution in [0.25, 0.3) is 6.08 Å². The molecule has 0 saturated carbocycles. The molecule has 0 unspecified atom stereocenters. The number of amides is 1. The van der Waals surface area contributed by atoms with Crippen molar-refractivity contribution < 1.29 is 14.5 Å². The molecule has 0 bridgehead atoms. The van der Waals surface area contributed by atoms with Crippen molar-refractivity contribution in [3.8, 4) is 5.75 Å². The fourth-order valence-corrected chi connectivity index (χ4v) is 3.02. The third kappa shape index (κ3) is 5.65. The molecule has 1 amide bonds. The van der Waals surface area contributed by atoms with Crippen molar-refractivity contribution in [2.45, 2.75) is 0 Å². The molecule has 0 radical (unpaired) electrons. The summed E-state index contributed by atoms with van der Waals surface area (Å²) in [6.07, 6.45) is 3.10. The van der Waals surface area contributed by atoms with Crippen LogP contribution in [0.15, 0.2) is 60.7 Å². The van der Waals surface area contributed by atoms with E-state index in [4.69, 9.17) is 4.74 Å². The van der Waals surface area contributed by atoms with Crippen LogP contribution in [-0.2, 0) is 4.79 Å². The lowest BCUT2D eigenvalue weighted by Crippen LogP contribution is -2.49. The molecule has 0 spiro atoms. The highest BCUT2D eigenvalue weighted by Crippen LogP contribution is 2.14. The maximum atomic E-state index is 12.4. The van der Waals surface area contributed by atoms with Gasteiger partial charge in [0.2, 0.25) is 5.91 Å². The summed E-state index contributed by atoms with van der Waals surface area (Å²) in [4.78, 5) is 26.8. The van der Waals surface area contributed by atoms with Crippen molar-refractivity contribution in [3.63, 3.8) is 0 Å². The molecule has 146 valence electrons. The van der Waals surface area contributed by atoms with Gasteiger partial charge in [0.25, 0.3) is 5.69 Å². The number of hydrogen-bond acceptors (Lipinski definition) is 5. The van der Waals surface area contributed by atoms with Gasteiger partial charge in [0.05, 0.1) is 4.92 Å². The Hall–Kier alpha value is -3.19. The van der Waals surface area contributed by atoms with Crippen LogP contribution in [0.2, 0.25) is 0 Å². The summed E-state index contributed by atoms with van der Waals surface area (Å²) in [5.74, 6) is 0.786. The summed E-state index contributed by atoms with van der Waals surface area (Å²) in [7, 11) is 0. The molecule has 0 aliphatic carbocycles. The first kappa shape index (κ1) is 19.6. The van der Waals surface area contributed by atoms with Gasteiger partial charge in [-0.05, 0) is 23.8 Å². The summed E-state index contributed by atoms with van der Waals surface area (Å²) in [6, 6.07) is 15.9. The number of nitro groups is 1. The first-order valence-electron chi connectivity index (χ1n) is 9.23. The summed E-state index contributed by atoms with van der Waals surface area (Å²) in [5, 5.41) is 10.8. The molecule has 1 heterocycles. The highest BCUT2D eigenvalue weighted by atomic mass is 16.6. The smallest absolute Gasteiger partial charge is 0.270 e. The zero-order valence-corrected chi connectivity index (χ0v) is 15.6. The molecule has 0 atom stereocenters. The Kier molecular flexibility index (Phi) is 6.75. The third-order valence-corrected chi connectivity index (χ3v) is 4.60. The van der Waals surface area contributed by atoms with Crippen LogP contribution in [0, 0.1) is 10.1 Å². The van der Waals surface area contributed by atoms with Crippen LogP contribution in [0.3, 0.4) is 0 Å². The van der Waals surface area contributed by atoms with Crippen LogP contribution >= 0.6 is 0 Å². The van der Waals surface area contributed by atoms with Crippen molar-refractivity contribution in [2.75, 3.05) is 39.3 Å². The summed E-state index contributed by atoms with van der Waals surface area (Å²) in [5.41, 5.74) is 0.653. The van der Waals surface area contributed by atoms with E-state index in [9.17, 15) is 14.9 Å². The van der Waals surface area contributed by atoms with Crippen molar-refractivity contribution in [1.82, 2.24) is 9.80 Å². The van der Waals surface area contributed by atoms with Crippen molar-refractivity contribution in [3.05, 3.63) is 76.4 Å². The topological polar surface area (TPSA) is 75.9 Å². The molecule has 1 fully saturated rings. The van der Waals surface area contributed by atoms with Crippen LogP contribution in [0.5, 0.6) is 5.75 Å². The monoisotopic (exact) mass is 381 g/mol. The Labute approximate surface area is 164 Å². The molecule has 7 nitrogen and oxygen atoms in total.